The van der Waals surface area contributed by atoms with Crippen LogP contribution in [0.5, 0.6) is 0 Å². The summed E-state index contributed by atoms with van der Waals surface area (Å²) in [6.07, 6.45) is 1.47. The molecule has 0 aliphatic heterocycles. The maximum absolute atomic E-state index is 14.2. The van der Waals surface area contributed by atoms with E-state index in [4.69, 9.17) is 23.1 Å². The maximum Gasteiger partial charge on any atom is 0.133 e. The first-order valence-electron chi connectivity index (χ1n) is 5.82. The number of halogens is 3. The lowest BCUT2D eigenvalue weighted by Gasteiger charge is -2.10. The Bertz CT molecular complexity index is 823. The number of pyridine rings is 2. The summed E-state index contributed by atoms with van der Waals surface area (Å²) in [6.45, 7) is 0. The van der Waals surface area contributed by atoms with Crippen LogP contribution < -0.4 is 11.5 Å². The molecule has 0 spiro atoms. The van der Waals surface area contributed by atoms with Crippen LogP contribution in [0.4, 0.5) is 16.0 Å². The molecule has 2 heterocycles. The molecular formula is C14H11Cl2FN4. The summed E-state index contributed by atoms with van der Waals surface area (Å²) in [7, 11) is 0. The minimum atomic E-state index is -0.425. The van der Waals surface area contributed by atoms with Gasteiger partial charge in [-0.05, 0) is 30.3 Å². The van der Waals surface area contributed by atoms with Crippen molar-refractivity contribution in [2.75, 3.05) is 11.5 Å². The number of hydrogen-bond acceptors (Lipinski definition) is 4. The molecule has 0 atom stereocenters. The van der Waals surface area contributed by atoms with Crippen LogP contribution in [-0.4, -0.2) is 9.97 Å². The van der Waals surface area contributed by atoms with Gasteiger partial charge < -0.3 is 11.5 Å². The van der Waals surface area contributed by atoms with Gasteiger partial charge >= 0.3 is 0 Å². The Morgan fingerprint density at radius 1 is 1.10 bits per heavy atom. The van der Waals surface area contributed by atoms with Gasteiger partial charge in [-0.1, -0.05) is 11.6 Å². The smallest absolute Gasteiger partial charge is 0.133 e. The van der Waals surface area contributed by atoms with Gasteiger partial charge in [0.05, 0.1) is 10.5 Å². The van der Waals surface area contributed by atoms with E-state index in [1.54, 1.807) is 24.3 Å². The Morgan fingerprint density at radius 3 is 2.57 bits per heavy atom. The van der Waals surface area contributed by atoms with Crippen molar-refractivity contribution in [1.29, 1.82) is 0 Å². The molecule has 0 unspecified atom stereocenters. The van der Waals surface area contributed by atoms with E-state index in [1.807, 2.05) is 0 Å². The SMILES string of the molecule is Cl.Nc1ccc(-c2c(F)ccc3cc(Cl)cnc23)c(N)n1. The van der Waals surface area contributed by atoms with Gasteiger partial charge in [0.15, 0.2) is 0 Å². The van der Waals surface area contributed by atoms with Crippen molar-refractivity contribution in [1.82, 2.24) is 9.97 Å². The van der Waals surface area contributed by atoms with Crippen molar-refractivity contribution in [2.24, 2.45) is 0 Å². The van der Waals surface area contributed by atoms with Gasteiger partial charge in [0.25, 0.3) is 0 Å². The lowest BCUT2D eigenvalue weighted by atomic mass is 10.0. The van der Waals surface area contributed by atoms with E-state index < -0.39 is 5.82 Å². The lowest BCUT2D eigenvalue weighted by molar-refractivity contribution is 0.632. The van der Waals surface area contributed by atoms with E-state index in [0.29, 0.717) is 21.7 Å². The van der Waals surface area contributed by atoms with Crippen LogP contribution in [0.25, 0.3) is 22.0 Å². The molecule has 21 heavy (non-hydrogen) atoms. The zero-order chi connectivity index (χ0) is 14.3. The fraction of sp³-hybridized carbons (Fsp3) is 0. The summed E-state index contributed by atoms with van der Waals surface area (Å²) < 4.78 is 14.2. The predicted molar refractivity (Wildman–Crippen MR) is 86.0 cm³/mol. The first-order chi connectivity index (χ1) is 9.56. The molecule has 7 heteroatoms. The molecule has 0 saturated heterocycles. The average molecular weight is 325 g/mol. The molecule has 0 aliphatic rings. The third-order valence-electron chi connectivity index (χ3n) is 2.98. The van der Waals surface area contributed by atoms with Crippen LogP contribution in [0.2, 0.25) is 5.02 Å². The molecule has 0 saturated carbocycles. The lowest BCUT2D eigenvalue weighted by Crippen LogP contribution is -2.00. The van der Waals surface area contributed by atoms with Crippen molar-refractivity contribution in [2.45, 2.75) is 0 Å². The first kappa shape index (κ1) is 15.3. The van der Waals surface area contributed by atoms with E-state index in [-0.39, 0.29) is 24.0 Å². The van der Waals surface area contributed by atoms with E-state index in [0.717, 1.165) is 5.39 Å². The Balaban J connectivity index is 0.00000161. The Kier molecular flexibility index (Phi) is 4.16. The van der Waals surface area contributed by atoms with E-state index in [1.165, 1.54) is 12.3 Å². The molecule has 0 amide bonds. The van der Waals surface area contributed by atoms with Crippen LogP contribution >= 0.6 is 24.0 Å². The van der Waals surface area contributed by atoms with Crippen LogP contribution in [0.3, 0.4) is 0 Å². The summed E-state index contributed by atoms with van der Waals surface area (Å²) in [5, 5.41) is 1.21. The summed E-state index contributed by atoms with van der Waals surface area (Å²) in [5.74, 6) is 0.0154. The van der Waals surface area contributed by atoms with Crippen molar-refractivity contribution < 1.29 is 4.39 Å². The number of hydrogen-bond donors (Lipinski definition) is 2. The fourth-order valence-electron chi connectivity index (χ4n) is 2.11. The topological polar surface area (TPSA) is 77.8 Å². The normalized spacial score (nSPS) is 10.4. The van der Waals surface area contributed by atoms with Crippen molar-refractivity contribution in [3.63, 3.8) is 0 Å². The number of nitrogen functional groups attached to an aromatic ring is 2. The Morgan fingerprint density at radius 2 is 1.86 bits per heavy atom. The summed E-state index contributed by atoms with van der Waals surface area (Å²) >= 11 is 5.90. The second-order valence-electron chi connectivity index (χ2n) is 4.32. The second-order valence-corrected chi connectivity index (χ2v) is 4.75. The fourth-order valence-corrected chi connectivity index (χ4v) is 2.27. The van der Waals surface area contributed by atoms with Crippen LogP contribution in [0.15, 0.2) is 36.5 Å². The third-order valence-corrected chi connectivity index (χ3v) is 3.19. The van der Waals surface area contributed by atoms with Gasteiger partial charge in [-0.3, -0.25) is 4.98 Å². The number of fused-ring (bicyclic) bond motifs is 1. The van der Waals surface area contributed by atoms with Gasteiger partial charge in [0.2, 0.25) is 0 Å². The molecule has 3 aromatic rings. The maximum atomic E-state index is 14.2. The quantitative estimate of drug-likeness (QED) is 0.715. The molecule has 0 aliphatic carbocycles. The summed E-state index contributed by atoms with van der Waals surface area (Å²) in [4.78, 5) is 8.15. The summed E-state index contributed by atoms with van der Waals surface area (Å²) in [5.41, 5.74) is 12.6. The van der Waals surface area contributed by atoms with Gasteiger partial charge in [0, 0.05) is 22.7 Å². The molecule has 0 fully saturated rings. The Hall–Kier alpha value is -2.11. The highest BCUT2D eigenvalue weighted by atomic mass is 35.5. The minimum Gasteiger partial charge on any atom is -0.384 e. The monoisotopic (exact) mass is 324 g/mol. The van der Waals surface area contributed by atoms with Gasteiger partial charge in [-0.25, -0.2) is 9.37 Å². The number of anilines is 2. The molecule has 3 rings (SSSR count). The van der Waals surface area contributed by atoms with Crippen LogP contribution in [-0.2, 0) is 0 Å². The molecule has 108 valence electrons. The molecule has 2 aromatic heterocycles. The van der Waals surface area contributed by atoms with Gasteiger partial charge in [-0.15, -0.1) is 12.4 Å². The van der Waals surface area contributed by atoms with Gasteiger partial charge in [-0.2, -0.15) is 0 Å². The Labute approximate surface area is 131 Å². The highest BCUT2D eigenvalue weighted by molar-refractivity contribution is 6.31. The molecule has 4 N–H and O–H groups in total. The molecule has 1 aromatic carbocycles. The molecular weight excluding hydrogens is 314 g/mol. The number of nitrogens with zero attached hydrogens (tertiary/aromatic N) is 2. The number of nitrogens with two attached hydrogens (primary N) is 2. The van der Waals surface area contributed by atoms with Gasteiger partial charge in [0.1, 0.15) is 17.5 Å². The van der Waals surface area contributed by atoms with E-state index in [9.17, 15) is 4.39 Å². The second kappa shape index (κ2) is 5.71. The number of aromatic nitrogens is 2. The van der Waals surface area contributed by atoms with Crippen molar-refractivity contribution >= 4 is 46.5 Å². The zero-order valence-electron chi connectivity index (χ0n) is 10.7. The summed E-state index contributed by atoms with van der Waals surface area (Å²) in [6, 6.07) is 7.89. The molecule has 4 nitrogen and oxygen atoms in total. The molecule has 0 bridgehead atoms. The first-order valence-corrected chi connectivity index (χ1v) is 6.20. The van der Waals surface area contributed by atoms with Crippen LogP contribution in [0, 0.1) is 5.82 Å². The average Bonchev–Trinajstić information content (AvgIpc) is 2.40. The zero-order valence-corrected chi connectivity index (χ0v) is 12.2. The largest absolute Gasteiger partial charge is 0.384 e. The van der Waals surface area contributed by atoms with E-state index >= 15 is 0 Å². The third kappa shape index (κ3) is 2.70. The van der Waals surface area contributed by atoms with Crippen molar-refractivity contribution in [3.8, 4) is 11.1 Å². The highest BCUT2D eigenvalue weighted by Crippen LogP contribution is 2.34. The standard InChI is InChI=1S/C14H10ClFN4.ClH/c15-8-5-7-1-3-10(16)12(13(7)19-6-8)9-2-4-11(17)20-14(9)18;/h1-6H,(H4,17,18,20);1H. The predicted octanol–water partition coefficient (Wildman–Crippen LogP) is 3.68. The number of benzene rings is 1. The van der Waals surface area contributed by atoms with Crippen molar-refractivity contribution in [3.05, 3.63) is 47.4 Å². The minimum absolute atomic E-state index is 0. The number of rotatable bonds is 1. The van der Waals surface area contributed by atoms with Crippen LogP contribution in [0.1, 0.15) is 0 Å². The van der Waals surface area contributed by atoms with E-state index in [2.05, 4.69) is 9.97 Å². The molecule has 0 radical (unpaired) electrons. The highest BCUT2D eigenvalue weighted by Gasteiger charge is 2.15.